The molecule has 1 fully saturated rings. The summed E-state index contributed by atoms with van der Waals surface area (Å²) < 4.78 is 0. The van der Waals surface area contributed by atoms with Gasteiger partial charge < -0.3 is 9.88 Å². The summed E-state index contributed by atoms with van der Waals surface area (Å²) >= 11 is 0. The number of aromatic amines is 1. The molecule has 0 saturated carbocycles. The van der Waals surface area contributed by atoms with E-state index in [9.17, 15) is 4.79 Å². The van der Waals surface area contributed by atoms with Gasteiger partial charge >= 0.3 is 0 Å². The van der Waals surface area contributed by atoms with E-state index in [4.69, 9.17) is 0 Å². The molecule has 6 heteroatoms. The molecule has 0 spiro atoms. The highest BCUT2D eigenvalue weighted by molar-refractivity contribution is 5.77. The molecular formula is C18H25N5O. The number of imidazole rings is 1. The van der Waals surface area contributed by atoms with Crippen LogP contribution in [0.3, 0.4) is 0 Å². The second-order valence-electron chi connectivity index (χ2n) is 7.73. The van der Waals surface area contributed by atoms with E-state index in [2.05, 4.69) is 40.7 Å². The Bertz CT molecular complexity index is 718. The first-order valence-corrected chi connectivity index (χ1v) is 8.45. The van der Waals surface area contributed by atoms with Gasteiger partial charge in [0.1, 0.15) is 11.5 Å². The lowest BCUT2D eigenvalue weighted by molar-refractivity contribution is -0.132. The topological polar surface area (TPSA) is 74.8 Å². The first-order chi connectivity index (χ1) is 11.3. The van der Waals surface area contributed by atoms with Crippen molar-refractivity contribution in [3.63, 3.8) is 0 Å². The minimum atomic E-state index is 0.0210. The summed E-state index contributed by atoms with van der Waals surface area (Å²) in [6.07, 6.45) is 5.04. The number of hydrogen-bond donors (Lipinski definition) is 1. The zero-order chi connectivity index (χ0) is 17.3. The van der Waals surface area contributed by atoms with Crippen LogP contribution in [0.15, 0.2) is 18.5 Å². The largest absolute Gasteiger partial charge is 0.343 e. The standard InChI is InChI=1S/C18H25N5O/c1-12-21-14(9-15(22-12)17-19-6-7-20-17)13-5-8-23(11-13)16(24)10-18(2,3)4/h6-7,9,13H,5,8,10-11H2,1-4H3,(H,19,20). The van der Waals surface area contributed by atoms with Crippen molar-refractivity contribution in [2.24, 2.45) is 5.41 Å². The maximum atomic E-state index is 12.4. The SMILES string of the molecule is Cc1nc(-c2ncc[nH]2)cc(C2CCN(C(=O)CC(C)(C)C)C2)n1. The quantitative estimate of drug-likeness (QED) is 0.940. The van der Waals surface area contributed by atoms with Crippen molar-refractivity contribution in [2.45, 2.75) is 46.5 Å². The van der Waals surface area contributed by atoms with E-state index in [0.29, 0.717) is 6.42 Å². The number of aryl methyl sites for hydroxylation is 1. The minimum Gasteiger partial charge on any atom is -0.343 e. The Morgan fingerprint density at radius 1 is 1.38 bits per heavy atom. The van der Waals surface area contributed by atoms with Crippen LogP contribution in [-0.4, -0.2) is 43.8 Å². The number of aromatic nitrogens is 4. The molecule has 0 aromatic carbocycles. The normalized spacial score (nSPS) is 18.2. The van der Waals surface area contributed by atoms with Gasteiger partial charge in [-0.15, -0.1) is 0 Å². The maximum Gasteiger partial charge on any atom is 0.223 e. The number of rotatable bonds is 3. The van der Waals surface area contributed by atoms with Crippen LogP contribution in [-0.2, 0) is 4.79 Å². The second kappa shape index (κ2) is 6.34. The number of amides is 1. The van der Waals surface area contributed by atoms with Gasteiger partial charge in [0.05, 0.1) is 0 Å². The molecule has 1 aliphatic rings. The van der Waals surface area contributed by atoms with Crippen molar-refractivity contribution < 1.29 is 4.79 Å². The van der Waals surface area contributed by atoms with Gasteiger partial charge in [0, 0.05) is 43.5 Å². The highest BCUT2D eigenvalue weighted by Gasteiger charge is 2.30. The van der Waals surface area contributed by atoms with Crippen molar-refractivity contribution >= 4 is 5.91 Å². The molecule has 2 aromatic heterocycles. The summed E-state index contributed by atoms with van der Waals surface area (Å²) in [7, 11) is 0. The van der Waals surface area contributed by atoms with E-state index >= 15 is 0 Å². The number of H-pyrrole nitrogens is 1. The molecule has 1 N–H and O–H groups in total. The molecular weight excluding hydrogens is 302 g/mol. The fourth-order valence-electron chi connectivity index (χ4n) is 3.12. The zero-order valence-electron chi connectivity index (χ0n) is 14.8. The molecule has 1 unspecified atom stereocenters. The van der Waals surface area contributed by atoms with Crippen LogP contribution in [0.25, 0.3) is 11.5 Å². The molecule has 1 atom stereocenters. The number of carbonyl (C=O) groups excluding carboxylic acids is 1. The summed E-state index contributed by atoms with van der Waals surface area (Å²) in [5.41, 5.74) is 1.83. The van der Waals surface area contributed by atoms with Crippen molar-refractivity contribution in [3.05, 3.63) is 30.0 Å². The highest BCUT2D eigenvalue weighted by atomic mass is 16.2. The van der Waals surface area contributed by atoms with Crippen LogP contribution >= 0.6 is 0 Å². The molecule has 0 bridgehead atoms. The highest BCUT2D eigenvalue weighted by Crippen LogP contribution is 2.29. The summed E-state index contributed by atoms with van der Waals surface area (Å²) in [6, 6.07) is 1.99. The Morgan fingerprint density at radius 2 is 2.17 bits per heavy atom. The number of hydrogen-bond acceptors (Lipinski definition) is 4. The molecule has 24 heavy (non-hydrogen) atoms. The van der Waals surface area contributed by atoms with Crippen molar-refractivity contribution in [2.75, 3.05) is 13.1 Å². The van der Waals surface area contributed by atoms with Gasteiger partial charge in [0.2, 0.25) is 5.91 Å². The third kappa shape index (κ3) is 3.80. The van der Waals surface area contributed by atoms with Crippen LogP contribution in [0.1, 0.15) is 51.0 Å². The summed E-state index contributed by atoms with van der Waals surface area (Å²) in [4.78, 5) is 30.8. The van der Waals surface area contributed by atoms with Crippen LogP contribution in [0.2, 0.25) is 0 Å². The predicted molar refractivity (Wildman–Crippen MR) is 92.4 cm³/mol. The number of nitrogens with zero attached hydrogens (tertiary/aromatic N) is 4. The number of carbonyl (C=O) groups is 1. The monoisotopic (exact) mass is 327 g/mol. The Balaban J connectivity index is 1.75. The molecule has 3 rings (SSSR count). The van der Waals surface area contributed by atoms with Crippen LogP contribution in [0.4, 0.5) is 0 Å². The summed E-state index contributed by atoms with van der Waals surface area (Å²) in [5.74, 6) is 1.99. The average Bonchev–Trinajstić information content (AvgIpc) is 3.17. The minimum absolute atomic E-state index is 0.0210. The van der Waals surface area contributed by atoms with Gasteiger partial charge in [-0.2, -0.15) is 0 Å². The van der Waals surface area contributed by atoms with E-state index in [1.54, 1.807) is 12.4 Å². The van der Waals surface area contributed by atoms with E-state index < -0.39 is 0 Å². The average molecular weight is 327 g/mol. The summed E-state index contributed by atoms with van der Waals surface area (Å²) in [5, 5.41) is 0. The first kappa shape index (κ1) is 16.6. The Hall–Kier alpha value is -2.24. The predicted octanol–water partition coefficient (Wildman–Crippen LogP) is 2.93. The summed E-state index contributed by atoms with van der Waals surface area (Å²) in [6.45, 7) is 9.74. The zero-order valence-corrected chi connectivity index (χ0v) is 14.8. The molecule has 1 amide bonds. The third-order valence-corrected chi connectivity index (χ3v) is 4.24. The van der Waals surface area contributed by atoms with Gasteiger partial charge in [-0.05, 0) is 24.8 Å². The lowest BCUT2D eigenvalue weighted by Gasteiger charge is -2.23. The van der Waals surface area contributed by atoms with Crippen molar-refractivity contribution in [3.8, 4) is 11.5 Å². The lowest BCUT2D eigenvalue weighted by atomic mass is 9.91. The fourth-order valence-corrected chi connectivity index (χ4v) is 3.12. The fraction of sp³-hybridized carbons (Fsp3) is 0.556. The van der Waals surface area contributed by atoms with Crippen LogP contribution < -0.4 is 0 Å². The van der Waals surface area contributed by atoms with E-state index in [0.717, 1.165) is 42.5 Å². The van der Waals surface area contributed by atoms with Crippen LogP contribution in [0.5, 0.6) is 0 Å². The van der Waals surface area contributed by atoms with Gasteiger partial charge in [-0.3, -0.25) is 4.79 Å². The molecule has 3 heterocycles. The Kier molecular flexibility index (Phi) is 4.39. The Morgan fingerprint density at radius 3 is 2.83 bits per heavy atom. The molecule has 0 radical (unpaired) electrons. The van der Waals surface area contributed by atoms with E-state index in [1.165, 1.54) is 0 Å². The Labute approximate surface area is 142 Å². The molecule has 6 nitrogen and oxygen atoms in total. The molecule has 128 valence electrons. The maximum absolute atomic E-state index is 12.4. The van der Waals surface area contributed by atoms with E-state index in [-0.39, 0.29) is 17.2 Å². The smallest absolute Gasteiger partial charge is 0.223 e. The molecule has 1 saturated heterocycles. The van der Waals surface area contributed by atoms with Crippen LogP contribution in [0, 0.1) is 12.3 Å². The van der Waals surface area contributed by atoms with Gasteiger partial charge in [-0.1, -0.05) is 20.8 Å². The molecule has 0 aliphatic carbocycles. The first-order valence-electron chi connectivity index (χ1n) is 8.45. The number of likely N-dealkylation sites (tertiary alicyclic amines) is 1. The van der Waals surface area contributed by atoms with Gasteiger partial charge in [0.15, 0.2) is 5.82 Å². The van der Waals surface area contributed by atoms with Gasteiger partial charge in [-0.25, -0.2) is 15.0 Å². The van der Waals surface area contributed by atoms with E-state index in [1.807, 2.05) is 17.9 Å². The van der Waals surface area contributed by atoms with Gasteiger partial charge in [0.25, 0.3) is 0 Å². The molecule has 2 aromatic rings. The molecule has 1 aliphatic heterocycles. The third-order valence-electron chi connectivity index (χ3n) is 4.24. The lowest BCUT2D eigenvalue weighted by Crippen LogP contribution is -2.31. The van der Waals surface area contributed by atoms with Crippen molar-refractivity contribution in [1.29, 1.82) is 0 Å². The number of nitrogens with one attached hydrogen (secondary N) is 1. The van der Waals surface area contributed by atoms with Crippen molar-refractivity contribution in [1.82, 2.24) is 24.8 Å². The second-order valence-corrected chi connectivity index (χ2v) is 7.73.